The Balaban J connectivity index is 1.57. The van der Waals surface area contributed by atoms with Crippen molar-refractivity contribution >= 4 is 29.5 Å². The van der Waals surface area contributed by atoms with Gasteiger partial charge in [0.05, 0.1) is 5.41 Å². The number of unbranched alkanes of at least 4 members (excludes halogenated alkanes) is 2. The Hall–Kier alpha value is -0.130. The number of hydrogen-bond donors (Lipinski definition) is 2. The summed E-state index contributed by atoms with van der Waals surface area (Å²) in [6, 6.07) is 0. The van der Waals surface area contributed by atoms with Crippen LogP contribution in [0.15, 0.2) is 12.2 Å². The van der Waals surface area contributed by atoms with Crippen molar-refractivity contribution in [3.8, 4) is 0 Å². The summed E-state index contributed by atoms with van der Waals surface area (Å²) < 4.78 is 0. The Morgan fingerprint density at radius 1 is 0.875 bits per heavy atom. The molecule has 5 atom stereocenters. The third-order valence-corrected chi connectivity index (χ3v) is 11.0. The molecule has 0 amide bonds. The normalized spacial score (nSPS) is 28.4. The fourth-order valence-corrected chi connectivity index (χ4v) is 7.81. The molecule has 0 bridgehead atoms. The highest BCUT2D eigenvalue weighted by Gasteiger charge is 2.28. The molecule has 0 spiro atoms. The summed E-state index contributed by atoms with van der Waals surface area (Å²) in [5.74, 6) is -0.675. The molecule has 2 heterocycles. The van der Waals surface area contributed by atoms with E-state index in [1.54, 1.807) is 0 Å². The Morgan fingerprint density at radius 3 is 1.81 bits per heavy atom. The van der Waals surface area contributed by atoms with Crippen LogP contribution in [0.1, 0.15) is 111 Å². The van der Waals surface area contributed by atoms with Crippen LogP contribution in [0.2, 0.25) is 0 Å². The van der Waals surface area contributed by atoms with Crippen LogP contribution in [0.5, 0.6) is 0 Å². The zero-order chi connectivity index (χ0) is 23.6. The van der Waals surface area contributed by atoms with Crippen LogP contribution >= 0.6 is 23.5 Å². The van der Waals surface area contributed by atoms with Gasteiger partial charge in [0.15, 0.2) is 0 Å². The molecule has 5 heteroatoms. The molecule has 5 unspecified atom stereocenters. The lowest BCUT2D eigenvalue weighted by Crippen LogP contribution is -2.23. The van der Waals surface area contributed by atoms with Gasteiger partial charge in [0.1, 0.15) is 0 Å². The molecule has 0 radical (unpaired) electrons. The molecule has 0 saturated carbocycles. The summed E-state index contributed by atoms with van der Waals surface area (Å²) >= 11 is 4.34. The monoisotopic (exact) mass is 484 g/mol. The number of aliphatic hydroxyl groups is 1. The molecular formula is C27H48O3S2. The van der Waals surface area contributed by atoms with Gasteiger partial charge in [-0.1, -0.05) is 51.7 Å². The van der Waals surface area contributed by atoms with Gasteiger partial charge in [-0.25, -0.2) is 0 Å². The first-order valence-corrected chi connectivity index (χ1v) is 14.9. The van der Waals surface area contributed by atoms with E-state index in [0.717, 1.165) is 42.6 Å². The number of carboxylic acid groups (broad SMARTS) is 1. The third-order valence-electron chi connectivity index (χ3n) is 7.77. The van der Waals surface area contributed by atoms with Crippen molar-refractivity contribution in [2.75, 3.05) is 6.61 Å². The fraction of sp³-hybridized carbons (Fsp3) is 0.889. The van der Waals surface area contributed by atoms with Crippen molar-refractivity contribution in [3.05, 3.63) is 12.2 Å². The lowest BCUT2D eigenvalue weighted by molar-refractivity contribution is -0.147. The number of carboxylic acids is 1. The van der Waals surface area contributed by atoms with Gasteiger partial charge in [-0.15, -0.1) is 0 Å². The summed E-state index contributed by atoms with van der Waals surface area (Å²) in [5.41, 5.74) is -0.458. The van der Waals surface area contributed by atoms with E-state index in [-0.39, 0.29) is 5.41 Å². The number of thioether (sulfide) groups is 2. The second-order valence-electron chi connectivity index (χ2n) is 11.1. The predicted molar refractivity (Wildman–Crippen MR) is 142 cm³/mol. The average molecular weight is 485 g/mol. The second kappa shape index (κ2) is 13.7. The van der Waals surface area contributed by atoms with Crippen LogP contribution in [0.3, 0.4) is 0 Å². The maximum absolute atomic E-state index is 11.2. The topological polar surface area (TPSA) is 57.5 Å². The quantitative estimate of drug-likeness (QED) is 0.184. The Morgan fingerprint density at radius 2 is 1.38 bits per heavy atom. The van der Waals surface area contributed by atoms with E-state index in [2.05, 4.69) is 49.5 Å². The predicted octanol–water partition coefficient (Wildman–Crippen LogP) is 7.71. The van der Waals surface area contributed by atoms with Gasteiger partial charge in [0, 0.05) is 27.6 Å². The van der Waals surface area contributed by atoms with Crippen LogP contribution in [-0.2, 0) is 4.79 Å². The zero-order valence-electron chi connectivity index (χ0n) is 21.0. The number of aliphatic hydroxyl groups excluding tert-OH is 1. The van der Waals surface area contributed by atoms with Gasteiger partial charge in [-0.2, -0.15) is 23.5 Å². The molecule has 2 aliphatic rings. The number of hydrogen-bond acceptors (Lipinski definition) is 4. The molecule has 2 saturated heterocycles. The van der Waals surface area contributed by atoms with E-state index in [1.165, 1.54) is 51.4 Å². The molecule has 3 nitrogen and oxygen atoms in total. The summed E-state index contributed by atoms with van der Waals surface area (Å²) in [4.78, 5) is 11.2. The minimum absolute atomic E-state index is 0.125. The minimum Gasteiger partial charge on any atom is -0.481 e. The maximum atomic E-state index is 11.2. The molecule has 0 aromatic carbocycles. The standard InChI is InChI=1S/C27H48O3S2/c1-5-27(4,20-28)19-9-7-11-22-13-15-24(32-22)17-16-23-14-12-21(31-23)10-6-8-18-26(2,3)25(29)30/h16-17,21-24,28H,5-15,18-20H2,1-4H3,(H,29,30)/b17-16-. The van der Waals surface area contributed by atoms with Crippen LogP contribution in [-0.4, -0.2) is 43.8 Å². The van der Waals surface area contributed by atoms with Crippen molar-refractivity contribution in [1.29, 1.82) is 0 Å². The van der Waals surface area contributed by atoms with Gasteiger partial charge in [-0.05, 0) is 77.0 Å². The van der Waals surface area contributed by atoms with Gasteiger partial charge in [0.25, 0.3) is 0 Å². The lowest BCUT2D eigenvalue weighted by atomic mass is 9.83. The molecule has 2 aliphatic heterocycles. The summed E-state index contributed by atoms with van der Waals surface area (Å²) in [6.45, 7) is 8.39. The van der Waals surface area contributed by atoms with Crippen molar-refractivity contribution in [2.45, 2.75) is 132 Å². The molecule has 0 aromatic heterocycles. The van der Waals surface area contributed by atoms with Crippen LogP contribution in [0, 0.1) is 10.8 Å². The zero-order valence-corrected chi connectivity index (χ0v) is 22.6. The molecule has 2 N–H and O–H groups in total. The molecule has 2 fully saturated rings. The summed E-state index contributed by atoms with van der Waals surface area (Å²) in [6.07, 6.45) is 20.6. The van der Waals surface area contributed by atoms with Gasteiger partial charge in [0.2, 0.25) is 0 Å². The van der Waals surface area contributed by atoms with E-state index in [9.17, 15) is 15.0 Å². The molecule has 186 valence electrons. The first-order valence-electron chi connectivity index (χ1n) is 13.0. The van der Waals surface area contributed by atoms with E-state index in [4.69, 9.17) is 0 Å². The maximum Gasteiger partial charge on any atom is 0.309 e. The average Bonchev–Trinajstić information content (AvgIpc) is 3.42. The highest BCUT2D eigenvalue weighted by molar-refractivity contribution is 8.01. The van der Waals surface area contributed by atoms with Gasteiger partial charge < -0.3 is 10.2 Å². The first-order chi connectivity index (χ1) is 15.2. The molecular weight excluding hydrogens is 436 g/mol. The summed E-state index contributed by atoms with van der Waals surface area (Å²) in [5, 5.41) is 21.8. The largest absolute Gasteiger partial charge is 0.481 e. The minimum atomic E-state index is -0.675. The van der Waals surface area contributed by atoms with E-state index in [1.807, 2.05) is 13.8 Å². The lowest BCUT2D eigenvalue weighted by Gasteiger charge is -2.25. The molecule has 2 rings (SSSR count). The smallest absolute Gasteiger partial charge is 0.309 e. The van der Waals surface area contributed by atoms with E-state index >= 15 is 0 Å². The highest BCUT2D eigenvalue weighted by Crippen LogP contribution is 2.41. The van der Waals surface area contributed by atoms with Crippen LogP contribution in [0.25, 0.3) is 0 Å². The van der Waals surface area contributed by atoms with Crippen molar-refractivity contribution < 1.29 is 15.0 Å². The van der Waals surface area contributed by atoms with E-state index < -0.39 is 11.4 Å². The van der Waals surface area contributed by atoms with E-state index in [0.29, 0.717) is 17.1 Å². The fourth-order valence-electron chi connectivity index (χ4n) is 4.76. The second-order valence-corrected chi connectivity index (χ2v) is 14.2. The number of carbonyl (C=O) groups is 1. The van der Waals surface area contributed by atoms with Crippen molar-refractivity contribution in [1.82, 2.24) is 0 Å². The Bertz CT molecular complexity index is 585. The van der Waals surface area contributed by atoms with Crippen molar-refractivity contribution in [3.63, 3.8) is 0 Å². The van der Waals surface area contributed by atoms with Gasteiger partial charge in [-0.3, -0.25) is 4.79 Å². The Labute approximate surface area is 206 Å². The highest BCUT2D eigenvalue weighted by atomic mass is 32.2. The first kappa shape index (κ1) is 28.1. The Kier molecular flexibility index (Phi) is 12.0. The SMILES string of the molecule is CCC(C)(CO)CCCCC1CCC(/C=C\C2CCC(CCCCC(C)(C)C(=O)O)S2)S1. The van der Waals surface area contributed by atoms with Crippen LogP contribution in [0.4, 0.5) is 0 Å². The molecule has 32 heavy (non-hydrogen) atoms. The summed E-state index contributed by atoms with van der Waals surface area (Å²) in [7, 11) is 0. The third kappa shape index (κ3) is 9.62. The molecule has 0 aliphatic carbocycles. The number of aliphatic carboxylic acids is 1. The van der Waals surface area contributed by atoms with Crippen molar-refractivity contribution in [2.24, 2.45) is 10.8 Å². The van der Waals surface area contributed by atoms with Crippen LogP contribution < -0.4 is 0 Å². The van der Waals surface area contributed by atoms with Gasteiger partial charge >= 0.3 is 5.97 Å². The molecule has 0 aromatic rings. The number of rotatable bonds is 15.